The van der Waals surface area contributed by atoms with Crippen molar-refractivity contribution in [1.82, 2.24) is 0 Å². The third-order valence-electron chi connectivity index (χ3n) is 3.62. The molecule has 2 N–H and O–H groups in total. The third kappa shape index (κ3) is 4.78. The van der Waals surface area contributed by atoms with Gasteiger partial charge in [-0.05, 0) is 60.7 Å². The van der Waals surface area contributed by atoms with Crippen molar-refractivity contribution >= 4 is 46.8 Å². The summed E-state index contributed by atoms with van der Waals surface area (Å²) in [7, 11) is 0. The molecule has 1 amide bonds. The van der Waals surface area contributed by atoms with E-state index >= 15 is 0 Å². The zero-order chi connectivity index (χ0) is 19.4. The fraction of sp³-hybridized carbons (Fsp3) is 0. The number of aromatic carboxylic acids is 1. The lowest BCUT2D eigenvalue weighted by Crippen LogP contribution is -2.07. The number of benzene rings is 2. The first-order valence-electron chi connectivity index (χ1n) is 7.80. The number of rotatable bonds is 5. The van der Waals surface area contributed by atoms with Crippen molar-refractivity contribution in [2.45, 2.75) is 0 Å². The molecular weight excluding hydrogens is 389 g/mol. The Bertz CT molecular complexity index is 1020. The minimum atomic E-state index is -1.03. The maximum Gasteiger partial charge on any atom is 0.335 e. The maximum absolute atomic E-state index is 12.0. The van der Waals surface area contributed by atoms with E-state index in [1.807, 2.05) is 0 Å². The summed E-state index contributed by atoms with van der Waals surface area (Å²) in [5, 5.41) is 12.5. The normalized spacial score (nSPS) is 10.9. The first-order valence-corrected chi connectivity index (χ1v) is 8.55. The van der Waals surface area contributed by atoms with Crippen molar-refractivity contribution < 1.29 is 19.1 Å². The predicted molar refractivity (Wildman–Crippen MR) is 105 cm³/mol. The highest BCUT2D eigenvalue weighted by Crippen LogP contribution is 2.31. The summed E-state index contributed by atoms with van der Waals surface area (Å²) < 4.78 is 5.67. The van der Waals surface area contributed by atoms with Gasteiger partial charge in [0.25, 0.3) is 0 Å². The molecule has 7 heteroatoms. The molecule has 0 unspecified atom stereocenters. The second kappa shape index (κ2) is 8.12. The van der Waals surface area contributed by atoms with E-state index in [0.29, 0.717) is 32.8 Å². The molecule has 2 aromatic carbocycles. The second-order valence-corrected chi connectivity index (χ2v) is 6.37. The number of carbonyl (C=O) groups is 2. The average molecular weight is 402 g/mol. The molecule has 0 spiro atoms. The zero-order valence-corrected chi connectivity index (χ0v) is 15.3. The standard InChI is InChI=1S/C20H13Cl2NO4/c21-13-3-8-16(17(22)11-13)18-9-6-15(27-18)7-10-19(24)23-14-4-1-12(2-5-14)20(25)26/h1-11H,(H,23,24)(H,25,26)/b10-7+. The largest absolute Gasteiger partial charge is 0.478 e. The molecule has 27 heavy (non-hydrogen) atoms. The third-order valence-corrected chi connectivity index (χ3v) is 4.17. The minimum Gasteiger partial charge on any atom is -0.478 e. The lowest BCUT2D eigenvalue weighted by atomic mass is 10.2. The summed E-state index contributed by atoms with van der Waals surface area (Å²) >= 11 is 12.0. The molecule has 5 nitrogen and oxygen atoms in total. The highest BCUT2D eigenvalue weighted by atomic mass is 35.5. The number of furan rings is 1. The molecule has 136 valence electrons. The lowest BCUT2D eigenvalue weighted by Gasteiger charge is -2.02. The average Bonchev–Trinajstić information content (AvgIpc) is 3.09. The van der Waals surface area contributed by atoms with Gasteiger partial charge in [-0.15, -0.1) is 0 Å². The number of nitrogens with one attached hydrogen (secondary N) is 1. The smallest absolute Gasteiger partial charge is 0.335 e. The Kier molecular flexibility index (Phi) is 5.64. The minimum absolute atomic E-state index is 0.146. The molecule has 0 bridgehead atoms. The molecule has 3 rings (SSSR count). The molecule has 1 heterocycles. The molecule has 0 saturated carbocycles. The SMILES string of the molecule is O=C(/C=C/c1ccc(-c2ccc(Cl)cc2Cl)o1)Nc1ccc(C(=O)O)cc1. The number of amides is 1. The van der Waals surface area contributed by atoms with E-state index < -0.39 is 5.97 Å². The van der Waals surface area contributed by atoms with Gasteiger partial charge in [0.2, 0.25) is 5.91 Å². The number of anilines is 1. The molecule has 3 aromatic rings. The van der Waals surface area contributed by atoms with Gasteiger partial charge in [-0.1, -0.05) is 23.2 Å². The topological polar surface area (TPSA) is 79.5 Å². The van der Waals surface area contributed by atoms with Gasteiger partial charge in [-0.3, -0.25) is 4.79 Å². The summed E-state index contributed by atoms with van der Waals surface area (Å²) in [6, 6.07) is 14.4. The number of carboxylic acids is 1. The van der Waals surface area contributed by atoms with Crippen LogP contribution in [0.2, 0.25) is 10.0 Å². The van der Waals surface area contributed by atoms with E-state index in [2.05, 4.69) is 5.32 Å². The lowest BCUT2D eigenvalue weighted by molar-refractivity contribution is -0.111. The maximum atomic E-state index is 12.0. The van der Waals surface area contributed by atoms with Crippen LogP contribution >= 0.6 is 23.2 Å². The van der Waals surface area contributed by atoms with Crippen molar-refractivity contribution in [1.29, 1.82) is 0 Å². The molecule has 0 fully saturated rings. The molecule has 0 aliphatic heterocycles. The molecule has 0 aliphatic carbocycles. The highest BCUT2D eigenvalue weighted by molar-refractivity contribution is 6.36. The predicted octanol–water partition coefficient (Wildman–Crippen LogP) is 5.60. The molecule has 0 atom stereocenters. The Morgan fingerprint density at radius 3 is 2.41 bits per heavy atom. The molecular formula is C20H13Cl2NO4. The van der Waals surface area contributed by atoms with Crippen LogP contribution in [0, 0.1) is 0 Å². The van der Waals surface area contributed by atoms with Crippen LogP contribution in [0.15, 0.2) is 65.1 Å². The Hall–Kier alpha value is -3.02. The Morgan fingerprint density at radius 1 is 1.00 bits per heavy atom. The van der Waals surface area contributed by atoms with Gasteiger partial charge >= 0.3 is 5.97 Å². The van der Waals surface area contributed by atoms with Crippen LogP contribution in [-0.2, 0) is 4.79 Å². The van der Waals surface area contributed by atoms with Gasteiger partial charge in [0.05, 0.1) is 10.6 Å². The summed E-state index contributed by atoms with van der Waals surface area (Å²) in [6.07, 6.45) is 2.84. The van der Waals surface area contributed by atoms with Crippen LogP contribution < -0.4 is 5.32 Å². The van der Waals surface area contributed by atoms with Crippen molar-refractivity contribution in [3.63, 3.8) is 0 Å². The van der Waals surface area contributed by atoms with Crippen molar-refractivity contribution in [2.24, 2.45) is 0 Å². The fourth-order valence-corrected chi connectivity index (χ4v) is 2.82. The molecule has 1 aromatic heterocycles. The van der Waals surface area contributed by atoms with Crippen LogP contribution in [0.1, 0.15) is 16.1 Å². The van der Waals surface area contributed by atoms with Gasteiger partial charge < -0.3 is 14.8 Å². The monoisotopic (exact) mass is 401 g/mol. The molecule has 0 saturated heterocycles. The van der Waals surface area contributed by atoms with Crippen molar-refractivity contribution in [2.75, 3.05) is 5.32 Å². The van der Waals surface area contributed by atoms with Gasteiger partial charge in [0, 0.05) is 22.3 Å². The van der Waals surface area contributed by atoms with E-state index in [4.69, 9.17) is 32.7 Å². The van der Waals surface area contributed by atoms with E-state index in [0.717, 1.165) is 0 Å². The van der Waals surface area contributed by atoms with E-state index in [9.17, 15) is 9.59 Å². The first-order chi connectivity index (χ1) is 12.9. The fourth-order valence-electron chi connectivity index (χ4n) is 2.31. The Labute approximate surface area is 164 Å². The summed E-state index contributed by atoms with van der Waals surface area (Å²) in [5.74, 6) is -0.365. The van der Waals surface area contributed by atoms with Crippen LogP contribution in [0.4, 0.5) is 5.69 Å². The van der Waals surface area contributed by atoms with Crippen molar-refractivity contribution in [3.8, 4) is 11.3 Å². The van der Waals surface area contributed by atoms with Crippen LogP contribution in [0.25, 0.3) is 17.4 Å². The van der Waals surface area contributed by atoms with Crippen molar-refractivity contribution in [3.05, 3.63) is 82.0 Å². The van der Waals surface area contributed by atoms with Gasteiger partial charge in [-0.25, -0.2) is 4.79 Å². The highest BCUT2D eigenvalue weighted by Gasteiger charge is 2.09. The second-order valence-electron chi connectivity index (χ2n) is 5.53. The molecule has 0 radical (unpaired) electrons. The Balaban J connectivity index is 1.66. The van der Waals surface area contributed by atoms with E-state index in [1.165, 1.54) is 36.4 Å². The summed E-state index contributed by atoms with van der Waals surface area (Å²) in [6.45, 7) is 0. The van der Waals surface area contributed by atoms with Gasteiger partial charge in [0.1, 0.15) is 11.5 Å². The van der Waals surface area contributed by atoms with E-state index in [1.54, 1.807) is 30.3 Å². The van der Waals surface area contributed by atoms with Crippen LogP contribution in [0.3, 0.4) is 0 Å². The summed E-state index contributed by atoms with van der Waals surface area (Å²) in [5.41, 5.74) is 1.33. The molecule has 0 aliphatic rings. The number of hydrogen-bond donors (Lipinski definition) is 2. The van der Waals surface area contributed by atoms with Gasteiger partial charge in [0.15, 0.2) is 0 Å². The van der Waals surface area contributed by atoms with Gasteiger partial charge in [-0.2, -0.15) is 0 Å². The van der Waals surface area contributed by atoms with Crippen LogP contribution in [0.5, 0.6) is 0 Å². The Morgan fingerprint density at radius 2 is 1.74 bits per heavy atom. The van der Waals surface area contributed by atoms with Crippen LogP contribution in [-0.4, -0.2) is 17.0 Å². The van der Waals surface area contributed by atoms with E-state index in [-0.39, 0.29) is 11.5 Å². The summed E-state index contributed by atoms with van der Waals surface area (Å²) in [4.78, 5) is 22.8. The zero-order valence-electron chi connectivity index (χ0n) is 13.8. The first kappa shape index (κ1) is 18.8. The number of carboxylic acid groups (broad SMARTS) is 1. The quantitative estimate of drug-likeness (QED) is 0.544. The number of hydrogen-bond acceptors (Lipinski definition) is 3. The number of halogens is 2. The number of carbonyl (C=O) groups excluding carboxylic acids is 1.